The Bertz CT molecular complexity index is 1810. The molecule has 0 saturated heterocycles. The number of halogens is 6. The zero-order valence-corrected chi connectivity index (χ0v) is 22.8. The standard InChI is InChI=1S/C31H18Cl2F4N2O3/c32-22-13-16(34)5-8-18(22)20-7-4-15(12-26(31(41)42)39-30(40)28-24(36)2-1-3-25(28)37)29-27(20)21(10-11-38-29)19-9-6-17(35)14-23(19)33/h1-11,13-14,26H,12H2,(H,39,40)(H,41,42)/t26-/m0/s1. The lowest BCUT2D eigenvalue weighted by Crippen LogP contribution is -2.43. The van der Waals surface area contributed by atoms with E-state index < -0.39 is 46.8 Å². The average Bonchev–Trinajstić information content (AvgIpc) is 2.93. The second kappa shape index (κ2) is 11.8. The maximum atomic E-state index is 14.2. The summed E-state index contributed by atoms with van der Waals surface area (Å²) in [4.78, 5) is 29.3. The minimum atomic E-state index is -1.61. The van der Waals surface area contributed by atoms with Crippen molar-refractivity contribution in [3.8, 4) is 22.3 Å². The molecule has 0 radical (unpaired) electrons. The van der Waals surface area contributed by atoms with E-state index in [9.17, 15) is 32.3 Å². The van der Waals surface area contributed by atoms with E-state index in [4.69, 9.17) is 23.2 Å². The molecule has 0 aliphatic carbocycles. The van der Waals surface area contributed by atoms with E-state index in [0.29, 0.717) is 33.2 Å². The van der Waals surface area contributed by atoms with Crippen LogP contribution in [0.2, 0.25) is 10.0 Å². The van der Waals surface area contributed by atoms with Crippen molar-refractivity contribution in [2.75, 3.05) is 0 Å². The van der Waals surface area contributed by atoms with Crippen LogP contribution in [0.25, 0.3) is 33.2 Å². The summed E-state index contributed by atoms with van der Waals surface area (Å²) in [6.07, 6.45) is 1.11. The Labute approximate surface area is 246 Å². The predicted octanol–water partition coefficient (Wildman–Crippen LogP) is 7.86. The first-order chi connectivity index (χ1) is 20.0. The van der Waals surface area contributed by atoms with Crippen molar-refractivity contribution in [1.82, 2.24) is 10.3 Å². The number of nitrogens with one attached hydrogen (secondary N) is 1. The van der Waals surface area contributed by atoms with Crippen molar-refractivity contribution in [2.45, 2.75) is 12.5 Å². The minimum Gasteiger partial charge on any atom is -0.480 e. The highest BCUT2D eigenvalue weighted by Gasteiger charge is 2.27. The quantitative estimate of drug-likeness (QED) is 0.183. The lowest BCUT2D eigenvalue weighted by atomic mass is 9.90. The number of hydrogen-bond acceptors (Lipinski definition) is 3. The topological polar surface area (TPSA) is 79.3 Å². The van der Waals surface area contributed by atoms with E-state index in [1.807, 2.05) is 0 Å². The number of benzene rings is 4. The molecule has 11 heteroatoms. The number of aromatic nitrogens is 1. The normalized spacial score (nSPS) is 11.9. The van der Waals surface area contributed by atoms with Gasteiger partial charge in [0.1, 0.15) is 34.9 Å². The zero-order valence-electron chi connectivity index (χ0n) is 21.3. The van der Waals surface area contributed by atoms with Crippen LogP contribution in [-0.2, 0) is 11.2 Å². The highest BCUT2D eigenvalue weighted by Crippen LogP contribution is 2.41. The van der Waals surface area contributed by atoms with Crippen molar-refractivity contribution >= 4 is 46.0 Å². The monoisotopic (exact) mass is 612 g/mol. The molecular formula is C31H18Cl2F4N2O3. The summed E-state index contributed by atoms with van der Waals surface area (Å²) in [5.74, 6) is -6.12. The molecule has 0 aliphatic heterocycles. The number of carbonyl (C=O) groups excluding carboxylic acids is 1. The molecule has 1 heterocycles. The molecule has 0 aliphatic rings. The second-order valence-electron chi connectivity index (χ2n) is 9.27. The molecule has 5 nitrogen and oxygen atoms in total. The molecule has 0 unspecified atom stereocenters. The second-order valence-corrected chi connectivity index (χ2v) is 10.1. The van der Waals surface area contributed by atoms with Crippen LogP contribution in [0, 0.1) is 23.3 Å². The van der Waals surface area contributed by atoms with Gasteiger partial charge in [0.05, 0.1) is 15.6 Å². The molecule has 0 spiro atoms. The first kappa shape index (κ1) is 29.0. The maximum absolute atomic E-state index is 14.2. The molecule has 4 aromatic carbocycles. The van der Waals surface area contributed by atoms with E-state index in [2.05, 4.69) is 10.3 Å². The third kappa shape index (κ3) is 5.66. The first-order valence-electron chi connectivity index (χ1n) is 12.3. The van der Waals surface area contributed by atoms with Crippen molar-refractivity contribution in [3.63, 3.8) is 0 Å². The first-order valence-corrected chi connectivity index (χ1v) is 13.1. The Kier molecular flexibility index (Phi) is 8.15. The van der Waals surface area contributed by atoms with Crippen molar-refractivity contribution < 1.29 is 32.3 Å². The van der Waals surface area contributed by atoms with Gasteiger partial charge in [-0.15, -0.1) is 0 Å². The summed E-state index contributed by atoms with van der Waals surface area (Å²) in [6.45, 7) is 0. The third-order valence-electron chi connectivity index (χ3n) is 6.64. The Morgan fingerprint density at radius 2 is 1.33 bits per heavy atom. The van der Waals surface area contributed by atoms with Gasteiger partial charge in [-0.3, -0.25) is 9.78 Å². The molecule has 5 aromatic rings. The van der Waals surface area contributed by atoms with Crippen molar-refractivity contribution in [3.05, 3.63) is 123 Å². The fourth-order valence-electron chi connectivity index (χ4n) is 4.72. The molecule has 1 amide bonds. The fourth-order valence-corrected chi connectivity index (χ4v) is 5.26. The van der Waals surface area contributed by atoms with E-state index in [1.165, 1.54) is 30.5 Å². The van der Waals surface area contributed by atoms with Gasteiger partial charge in [0, 0.05) is 29.1 Å². The smallest absolute Gasteiger partial charge is 0.326 e. The molecule has 1 aromatic heterocycles. The van der Waals surface area contributed by atoms with Crippen LogP contribution in [0.5, 0.6) is 0 Å². The molecule has 0 saturated carbocycles. The molecule has 0 fully saturated rings. The number of carboxylic acid groups (broad SMARTS) is 1. The van der Waals surface area contributed by atoms with E-state index in [0.717, 1.165) is 30.3 Å². The fraction of sp³-hybridized carbons (Fsp3) is 0.0645. The van der Waals surface area contributed by atoms with Gasteiger partial charge >= 0.3 is 5.97 Å². The summed E-state index contributed by atoms with van der Waals surface area (Å²) in [6, 6.07) is 13.7. The highest BCUT2D eigenvalue weighted by atomic mass is 35.5. The summed E-state index contributed by atoms with van der Waals surface area (Å²) < 4.78 is 56.1. The number of carboxylic acids is 1. The Morgan fingerprint density at radius 3 is 1.88 bits per heavy atom. The summed E-state index contributed by atoms with van der Waals surface area (Å²) in [5, 5.41) is 12.7. The number of fused-ring (bicyclic) bond motifs is 1. The summed E-state index contributed by atoms with van der Waals surface area (Å²) in [7, 11) is 0. The van der Waals surface area contributed by atoms with Gasteiger partial charge in [0.25, 0.3) is 5.91 Å². The predicted molar refractivity (Wildman–Crippen MR) is 152 cm³/mol. The lowest BCUT2D eigenvalue weighted by Gasteiger charge is -2.19. The van der Waals surface area contributed by atoms with Crippen LogP contribution >= 0.6 is 23.2 Å². The molecule has 42 heavy (non-hydrogen) atoms. The van der Waals surface area contributed by atoms with Crippen LogP contribution in [-0.4, -0.2) is 28.0 Å². The lowest BCUT2D eigenvalue weighted by molar-refractivity contribution is -0.139. The number of carbonyl (C=O) groups is 2. The number of amides is 1. The van der Waals surface area contributed by atoms with Gasteiger partial charge in [-0.05, 0) is 71.3 Å². The number of rotatable bonds is 7. The van der Waals surface area contributed by atoms with Gasteiger partial charge in [-0.2, -0.15) is 0 Å². The van der Waals surface area contributed by atoms with E-state index >= 15 is 0 Å². The molecule has 0 bridgehead atoms. The zero-order chi connectivity index (χ0) is 30.1. The Balaban J connectivity index is 1.67. The molecule has 1 atom stereocenters. The number of pyridine rings is 1. The summed E-state index contributed by atoms with van der Waals surface area (Å²) >= 11 is 12.8. The van der Waals surface area contributed by atoms with Crippen LogP contribution in [0.3, 0.4) is 0 Å². The average molecular weight is 613 g/mol. The minimum absolute atomic E-state index is 0.0895. The number of nitrogens with zero attached hydrogens (tertiary/aromatic N) is 1. The van der Waals surface area contributed by atoms with Crippen LogP contribution in [0.1, 0.15) is 15.9 Å². The largest absolute Gasteiger partial charge is 0.480 e. The highest BCUT2D eigenvalue weighted by molar-refractivity contribution is 6.35. The van der Waals surface area contributed by atoms with Crippen LogP contribution in [0.15, 0.2) is 79.0 Å². The van der Waals surface area contributed by atoms with Gasteiger partial charge in [-0.1, -0.05) is 41.4 Å². The van der Waals surface area contributed by atoms with Gasteiger partial charge in [-0.25, -0.2) is 22.4 Å². The molecule has 5 rings (SSSR count). The van der Waals surface area contributed by atoms with Gasteiger partial charge < -0.3 is 10.4 Å². The maximum Gasteiger partial charge on any atom is 0.326 e. The molecule has 2 N–H and O–H groups in total. The van der Waals surface area contributed by atoms with Crippen LogP contribution in [0.4, 0.5) is 17.6 Å². The Morgan fingerprint density at radius 1 is 0.786 bits per heavy atom. The SMILES string of the molecule is O=C(N[C@@H](Cc1ccc(-c2ccc(F)cc2Cl)c2c(-c3ccc(F)cc3Cl)ccnc12)C(=O)O)c1c(F)cccc1F. The van der Waals surface area contributed by atoms with Crippen LogP contribution < -0.4 is 5.32 Å². The summed E-state index contributed by atoms with van der Waals surface area (Å²) in [5.41, 5.74) is 1.55. The number of aliphatic carboxylic acids is 1. The molecule has 212 valence electrons. The van der Waals surface area contributed by atoms with E-state index in [-0.39, 0.29) is 22.0 Å². The van der Waals surface area contributed by atoms with E-state index in [1.54, 1.807) is 18.2 Å². The van der Waals surface area contributed by atoms with Gasteiger partial charge in [0.15, 0.2) is 0 Å². The number of hydrogen-bond donors (Lipinski definition) is 2. The van der Waals surface area contributed by atoms with Crippen molar-refractivity contribution in [1.29, 1.82) is 0 Å². The van der Waals surface area contributed by atoms with Crippen molar-refractivity contribution in [2.24, 2.45) is 0 Å². The third-order valence-corrected chi connectivity index (χ3v) is 7.26. The van der Waals surface area contributed by atoms with Gasteiger partial charge in [0.2, 0.25) is 0 Å². The Hall–Kier alpha value is -4.47. The molecular weight excluding hydrogens is 595 g/mol.